The number of aromatic nitrogens is 2. The van der Waals surface area contributed by atoms with Gasteiger partial charge in [0.2, 0.25) is 5.91 Å². The highest BCUT2D eigenvalue weighted by Crippen LogP contribution is 2.20. The molecule has 1 amide bonds. The third kappa shape index (κ3) is 3.91. The molecule has 0 saturated carbocycles. The van der Waals surface area contributed by atoms with Crippen molar-refractivity contribution in [2.75, 3.05) is 13.1 Å². The second-order valence-electron chi connectivity index (χ2n) is 5.91. The van der Waals surface area contributed by atoms with Crippen LogP contribution in [0.2, 0.25) is 0 Å². The van der Waals surface area contributed by atoms with Crippen LogP contribution in [0, 0.1) is 5.92 Å². The number of pyridine rings is 2. The number of hydrogen-bond acceptors (Lipinski definition) is 3. The Labute approximate surface area is 131 Å². The lowest BCUT2D eigenvalue weighted by atomic mass is 9.93. The molecular formula is C18H21N3O. The Balaban J connectivity index is 1.57. The number of carbonyl (C=O) groups excluding carboxylic acids is 1. The highest BCUT2D eigenvalue weighted by atomic mass is 16.2. The second-order valence-corrected chi connectivity index (χ2v) is 5.91. The minimum absolute atomic E-state index is 0.207. The zero-order valence-electron chi connectivity index (χ0n) is 12.7. The number of carbonyl (C=O) groups is 1. The second kappa shape index (κ2) is 7.16. The van der Waals surface area contributed by atoms with Gasteiger partial charge in [0, 0.05) is 37.4 Å². The molecule has 1 unspecified atom stereocenters. The molecule has 1 atom stereocenters. The van der Waals surface area contributed by atoms with E-state index in [9.17, 15) is 4.79 Å². The quantitative estimate of drug-likeness (QED) is 0.870. The zero-order chi connectivity index (χ0) is 15.2. The van der Waals surface area contributed by atoms with Crippen molar-refractivity contribution in [3.63, 3.8) is 0 Å². The summed E-state index contributed by atoms with van der Waals surface area (Å²) in [7, 11) is 0. The van der Waals surface area contributed by atoms with Gasteiger partial charge in [-0.25, -0.2) is 0 Å². The fourth-order valence-corrected chi connectivity index (χ4v) is 3.06. The average molecular weight is 295 g/mol. The van der Waals surface area contributed by atoms with E-state index >= 15 is 0 Å². The Morgan fingerprint density at radius 1 is 1.23 bits per heavy atom. The van der Waals surface area contributed by atoms with Gasteiger partial charge in [0.05, 0.1) is 6.42 Å². The van der Waals surface area contributed by atoms with Crippen LogP contribution in [0.25, 0.3) is 0 Å². The normalized spacial score (nSPS) is 18.2. The first-order chi connectivity index (χ1) is 10.8. The SMILES string of the molecule is O=C(Cc1cccnc1)N1CCCC(Cc2ccccn2)C1. The highest BCUT2D eigenvalue weighted by molar-refractivity contribution is 5.78. The van der Waals surface area contributed by atoms with Crippen molar-refractivity contribution < 1.29 is 4.79 Å². The maximum absolute atomic E-state index is 12.4. The van der Waals surface area contributed by atoms with E-state index in [0.29, 0.717) is 12.3 Å². The van der Waals surface area contributed by atoms with E-state index in [-0.39, 0.29) is 5.91 Å². The first-order valence-corrected chi connectivity index (χ1v) is 7.88. The highest BCUT2D eigenvalue weighted by Gasteiger charge is 2.24. The van der Waals surface area contributed by atoms with Crippen LogP contribution in [0.4, 0.5) is 0 Å². The Morgan fingerprint density at radius 2 is 2.18 bits per heavy atom. The standard InChI is InChI=1S/C18H21N3O/c22-18(12-15-5-3-8-19-13-15)21-10-4-6-16(14-21)11-17-7-1-2-9-20-17/h1-3,5,7-9,13,16H,4,6,10-12,14H2. The molecule has 3 rings (SSSR count). The molecule has 2 aromatic heterocycles. The van der Waals surface area contributed by atoms with E-state index in [2.05, 4.69) is 16.0 Å². The maximum Gasteiger partial charge on any atom is 0.227 e. The van der Waals surface area contributed by atoms with Crippen LogP contribution in [-0.2, 0) is 17.6 Å². The van der Waals surface area contributed by atoms with Gasteiger partial charge in [-0.3, -0.25) is 14.8 Å². The lowest BCUT2D eigenvalue weighted by Crippen LogP contribution is -2.41. The van der Waals surface area contributed by atoms with E-state index < -0.39 is 0 Å². The number of hydrogen-bond donors (Lipinski definition) is 0. The molecule has 0 aliphatic carbocycles. The average Bonchev–Trinajstić information content (AvgIpc) is 2.57. The Kier molecular flexibility index (Phi) is 4.78. The minimum atomic E-state index is 0.207. The van der Waals surface area contributed by atoms with Gasteiger partial charge in [-0.05, 0) is 48.9 Å². The van der Waals surface area contributed by atoms with Crippen LogP contribution >= 0.6 is 0 Å². The lowest BCUT2D eigenvalue weighted by molar-refractivity contribution is -0.132. The van der Waals surface area contributed by atoms with E-state index in [1.54, 1.807) is 12.4 Å². The predicted molar refractivity (Wildman–Crippen MR) is 85.2 cm³/mol. The van der Waals surface area contributed by atoms with Crippen LogP contribution in [0.5, 0.6) is 0 Å². The van der Waals surface area contributed by atoms with Crippen molar-refractivity contribution in [1.82, 2.24) is 14.9 Å². The number of rotatable bonds is 4. The third-order valence-electron chi connectivity index (χ3n) is 4.17. The Bertz CT molecular complexity index is 600. The molecule has 0 N–H and O–H groups in total. The zero-order valence-corrected chi connectivity index (χ0v) is 12.7. The first kappa shape index (κ1) is 14.7. The summed E-state index contributed by atoms with van der Waals surface area (Å²) in [5, 5.41) is 0. The first-order valence-electron chi connectivity index (χ1n) is 7.88. The van der Waals surface area contributed by atoms with Crippen LogP contribution in [0.1, 0.15) is 24.1 Å². The number of piperidine rings is 1. The van der Waals surface area contributed by atoms with Crippen molar-refractivity contribution in [1.29, 1.82) is 0 Å². The molecule has 4 heteroatoms. The summed E-state index contributed by atoms with van der Waals surface area (Å²) in [4.78, 5) is 22.9. The van der Waals surface area contributed by atoms with Gasteiger partial charge in [0.25, 0.3) is 0 Å². The van der Waals surface area contributed by atoms with E-state index in [0.717, 1.165) is 37.2 Å². The molecule has 0 bridgehead atoms. The molecule has 0 spiro atoms. The smallest absolute Gasteiger partial charge is 0.227 e. The monoisotopic (exact) mass is 295 g/mol. The molecule has 1 aliphatic rings. The van der Waals surface area contributed by atoms with Crippen molar-refractivity contribution >= 4 is 5.91 Å². The van der Waals surface area contributed by atoms with Crippen LogP contribution in [0.15, 0.2) is 48.9 Å². The molecule has 1 aliphatic heterocycles. The molecule has 0 radical (unpaired) electrons. The molecular weight excluding hydrogens is 274 g/mol. The summed E-state index contributed by atoms with van der Waals surface area (Å²) < 4.78 is 0. The van der Waals surface area contributed by atoms with Crippen molar-refractivity contribution in [3.8, 4) is 0 Å². The van der Waals surface area contributed by atoms with E-state index in [1.165, 1.54) is 6.42 Å². The summed E-state index contributed by atoms with van der Waals surface area (Å²) in [6, 6.07) is 9.86. The van der Waals surface area contributed by atoms with Gasteiger partial charge in [-0.1, -0.05) is 12.1 Å². The van der Waals surface area contributed by atoms with Crippen molar-refractivity contribution in [3.05, 3.63) is 60.2 Å². The lowest BCUT2D eigenvalue weighted by Gasteiger charge is -2.32. The molecule has 2 aromatic rings. The molecule has 1 saturated heterocycles. The summed E-state index contributed by atoms with van der Waals surface area (Å²) in [6.45, 7) is 1.72. The Morgan fingerprint density at radius 3 is 2.95 bits per heavy atom. The molecule has 3 heterocycles. The molecule has 0 aromatic carbocycles. The van der Waals surface area contributed by atoms with Gasteiger partial charge in [0.1, 0.15) is 0 Å². The van der Waals surface area contributed by atoms with E-state index in [4.69, 9.17) is 0 Å². The Hall–Kier alpha value is -2.23. The number of nitrogens with zero attached hydrogens (tertiary/aromatic N) is 3. The van der Waals surface area contributed by atoms with Gasteiger partial charge in [-0.2, -0.15) is 0 Å². The minimum Gasteiger partial charge on any atom is -0.342 e. The van der Waals surface area contributed by atoms with Crippen LogP contribution in [0.3, 0.4) is 0 Å². The third-order valence-corrected chi connectivity index (χ3v) is 4.17. The topological polar surface area (TPSA) is 46.1 Å². The number of likely N-dealkylation sites (tertiary alicyclic amines) is 1. The van der Waals surface area contributed by atoms with Gasteiger partial charge in [-0.15, -0.1) is 0 Å². The van der Waals surface area contributed by atoms with E-state index in [1.807, 2.05) is 35.4 Å². The van der Waals surface area contributed by atoms with Gasteiger partial charge >= 0.3 is 0 Å². The van der Waals surface area contributed by atoms with Gasteiger partial charge < -0.3 is 4.90 Å². The van der Waals surface area contributed by atoms with Crippen molar-refractivity contribution in [2.24, 2.45) is 5.92 Å². The summed E-state index contributed by atoms with van der Waals surface area (Å²) >= 11 is 0. The summed E-state index contributed by atoms with van der Waals surface area (Å²) in [5.74, 6) is 0.722. The van der Waals surface area contributed by atoms with Crippen molar-refractivity contribution in [2.45, 2.75) is 25.7 Å². The molecule has 22 heavy (non-hydrogen) atoms. The van der Waals surface area contributed by atoms with Gasteiger partial charge in [0.15, 0.2) is 0 Å². The largest absolute Gasteiger partial charge is 0.342 e. The molecule has 114 valence electrons. The number of amides is 1. The molecule has 4 nitrogen and oxygen atoms in total. The fourth-order valence-electron chi connectivity index (χ4n) is 3.06. The maximum atomic E-state index is 12.4. The molecule has 1 fully saturated rings. The summed E-state index contributed by atoms with van der Waals surface area (Å²) in [5.41, 5.74) is 2.11. The fraction of sp³-hybridized carbons (Fsp3) is 0.389. The summed E-state index contributed by atoms with van der Waals surface area (Å²) in [6.07, 6.45) is 9.00. The van der Waals surface area contributed by atoms with Crippen LogP contribution in [-0.4, -0.2) is 33.9 Å². The predicted octanol–water partition coefficient (Wildman–Crippen LogP) is 2.50. The van der Waals surface area contributed by atoms with Crippen LogP contribution < -0.4 is 0 Å².